The summed E-state index contributed by atoms with van der Waals surface area (Å²) in [5.74, 6) is -1.16. The molecule has 0 saturated heterocycles. The van der Waals surface area contributed by atoms with Crippen LogP contribution in [-0.4, -0.2) is 45.6 Å². The predicted molar refractivity (Wildman–Crippen MR) is 144 cm³/mol. The molecular weight excluding hydrogens is 550 g/mol. The Morgan fingerprint density at radius 3 is 2.27 bits per heavy atom. The lowest BCUT2D eigenvalue weighted by Crippen LogP contribution is -2.43. The zero-order valence-electron chi connectivity index (χ0n) is 21.1. The predicted octanol–water partition coefficient (Wildman–Crippen LogP) is 6.64. The van der Waals surface area contributed by atoms with Crippen LogP contribution in [0.2, 0.25) is 10.0 Å². The zero-order chi connectivity index (χ0) is 28.2. The number of esters is 1. The minimum Gasteiger partial charge on any atom is -0.465 e. The SMILES string of the molecule is CC.CCCCOC(=O)C(N)CCS(=O)CCC(O)(c1ccc(-c2ccc(Cl)cc2Cl)cc1)C(F)(F)F. The first-order valence-electron chi connectivity index (χ1n) is 12.0. The van der Waals surface area contributed by atoms with Crippen molar-refractivity contribution >= 4 is 40.0 Å². The molecule has 0 amide bonds. The third kappa shape index (κ3) is 9.87. The highest BCUT2D eigenvalue weighted by Gasteiger charge is 2.54. The first-order chi connectivity index (χ1) is 17.4. The molecule has 0 aromatic heterocycles. The van der Waals surface area contributed by atoms with Crippen molar-refractivity contribution in [3.8, 4) is 11.1 Å². The third-order valence-corrected chi connectivity index (χ3v) is 7.36. The lowest BCUT2D eigenvalue weighted by Gasteiger charge is -2.31. The minimum atomic E-state index is -5.00. The third-order valence-electron chi connectivity index (χ3n) is 5.47. The molecule has 5 nitrogen and oxygen atoms in total. The van der Waals surface area contributed by atoms with E-state index in [1.165, 1.54) is 30.3 Å². The largest absolute Gasteiger partial charge is 0.465 e. The molecule has 3 atom stereocenters. The lowest BCUT2D eigenvalue weighted by molar-refractivity contribution is -0.267. The summed E-state index contributed by atoms with van der Waals surface area (Å²) in [7, 11) is -1.74. The van der Waals surface area contributed by atoms with Crippen molar-refractivity contribution in [1.82, 2.24) is 0 Å². The van der Waals surface area contributed by atoms with Crippen molar-refractivity contribution < 1.29 is 32.0 Å². The van der Waals surface area contributed by atoms with E-state index in [1.807, 2.05) is 20.8 Å². The maximum absolute atomic E-state index is 13.9. The van der Waals surface area contributed by atoms with Gasteiger partial charge in [0.1, 0.15) is 6.04 Å². The summed E-state index contributed by atoms with van der Waals surface area (Å²) in [4.78, 5) is 11.8. The van der Waals surface area contributed by atoms with E-state index in [4.69, 9.17) is 33.7 Å². The number of hydrogen-bond acceptors (Lipinski definition) is 5. The number of ether oxygens (including phenoxy) is 1. The number of alkyl halides is 3. The highest BCUT2D eigenvalue weighted by atomic mass is 35.5. The van der Waals surface area contributed by atoms with Crippen LogP contribution in [0, 0.1) is 0 Å². The standard InChI is InChI=1S/C24H28Cl2F3NO4S.C2H6/c1-2-3-12-34-22(31)21(30)10-13-35(33)14-11-23(32,24(27,28)29)17-6-4-16(5-7-17)19-9-8-18(25)15-20(19)26;1-2/h4-9,15,21,32H,2-3,10-14,30H2,1H3;1-2H3. The summed E-state index contributed by atoms with van der Waals surface area (Å²) in [6.07, 6.45) is -4.30. The molecule has 0 heterocycles. The highest BCUT2D eigenvalue weighted by molar-refractivity contribution is 7.84. The van der Waals surface area contributed by atoms with E-state index in [0.717, 1.165) is 6.42 Å². The maximum atomic E-state index is 13.9. The second-order valence-corrected chi connectivity index (χ2v) is 10.6. The molecule has 2 aromatic carbocycles. The molecule has 0 bridgehead atoms. The van der Waals surface area contributed by atoms with Crippen molar-refractivity contribution in [1.29, 1.82) is 0 Å². The van der Waals surface area contributed by atoms with Crippen LogP contribution in [-0.2, 0) is 25.9 Å². The molecule has 0 radical (unpaired) electrons. The molecule has 3 N–H and O–H groups in total. The molecule has 11 heteroatoms. The van der Waals surface area contributed by atoms with Crippen LogP contribution in [0.25, 0.3) is 11.1 Å². The molecule has 0 saturated carbocycles. The molecule has 0 spiro atoms. The average molecular weight is 585 g/mol. The van der Waals surface area contributed by atoms with Crippen molar-refractivity contribution in [3.63, 3.8) is 0 Å². The summed E-state index contributed by atoms with van der Waals surface area (Å²) >= 11 is 12.1. The number of rotatable bonds is 12. The first kappa shape index (κ1) is 33.4. The molecule has 2 aromatic rings. The molecule has 2 rings (SSSR count). The van der Waals surface area contributed by atoms with Gasteiger partial charge in [-0.1, -0.05) is 80.7 Å². The van der Waals surface area contributed by atoms with Crippen LogP contribution in [0.3, 0.4) is 0 Å². The van der Waals surface area contributed by atoms with Gasteiger partial charge in [0.2, 0.25) is 0 Å². The maximum Gasteiger partial charge on any atom is 0.421 e. The number of nitrogens with two attached hydrogens (primary N) is 1. The first-order valence-corrected chi connectivity index (χ1v) is 14.3. The van der Waals surface area contributed by atoms with E-state index >= 15 is 0 Å². The minimum absolute atomic E-state index is 0.00142. The van der Waals surface area contributed by atoms with Gasteiger partial charge >= 0.3 is 12.1 Å². The number of halogens is 5. The van der Waals surface area contributed by atoms with Gasteiger partial charge in [0.15, 0.2) is 5.60 Å². The van der Waals surface area contributed by atoms with Gasteiger partial charge < -0.3 is 15.6 Å². The topological polar surface area (TPSA) is 89.6 Å². The number of benzene rings is 2. The molecule has 3 unspecified atom stereocenters. The molecule has 0 aliphatic heterocycles. The van der Waals surface area contributed by atoms with Gasteiger partial charge in [-0.05, 0) is 36.1 Å². The van der Waals surface area contributed by atoms with E-state index in [9.17, 15) is 27.3 Å². The Balaban J connectivity index is 0.00000334. The Labute approximate surface area is 228 Å². The number of carbonyl (C=O) groups excluding carboxylic acids is 1. The molecule has 0 fully saturated rings. The van der Waals surface area contributed by atoms with Crippen LogP contribution in [0.5, 0.6) is 0 Å². The molecule has 208 valence electrons. The van der Waals surface area contributed by atoms with E-state index in [2.05, 4.69) is 0 Å². The molecule has 37 heavy (non-hydrogen) atoms. The van der Waals surface area contributed by atoms with Crippen molar-refractivity contribution in [3.05, 3.63) is 58.1 Å². The fourth-order valence-electron chi connectivity index (χ4n) is 3.26. The number of hydrogen-bond donors (Lipinski definition) is 2. The van der Waals surface area contributed by atoms with Crippen LogP contribution in [0.1, 0.15) is 52.0 Å². The number of carbonyl (C=O) groups is 1. The Morgan fingerprint density at radius 2 is 1.73 bits per heavy atom. The van der Waals surface area contributed by atoms with Gasteiger partial charge in [-0.15, -0.1) is 0 Å². The lowest BCUT2D eigenvalue weighted by atomic mass is 9.89. The molecule has 0 aliphatic carbocycles. The van der Waals surface area contributed by atoms with Gasteiger partial charge in [0.25, 0.3) is 0 Å². The van der Waals surface area contributed by atoms with Crippen molar-refractivity contribution in [2.45, 2.75) is 64.3 Å². The van der Waals surface area contributed by atoms with E-state index in [-0.39, 0.29) is 24.3 Å². The van der Waals surface area contributed by atoms with E-state index < -0.39 is 46.8 Å². The normalized spacial score (nSPS) is 14.6. The quantitative estimate of drug-likeness (QED) is 0.216. The summed E-state index contributed by atoms with van der Waals surface area (Å²) in [6, 6.07) is 8.92. The monoisotopic (exact) mass is 583 g/mol. The average Bonchev–Trinajstić information content (AvgIpc) is 2.86. The fourth-order valence-corrected chi connectivity index (χ4v) is 5.02. The highest BCUT2D eigenvalue weighted by Crippen LogP contribution is 2.42. The van der Waals surface area contributed by atoms with Crippen molar-refractivity contribution in [2.24, 2.45) is 5.73 Å². The van der Waals surface area contributed by atoms with E-state index in [1.54, 1.807) is 12.1 Å². The second kappa shape index (κ2) is 15.7. The van der Waals surface area contributed by atoms with Gasteiger partial charge in [0, 0.05) is 44.3 Å². The van der Waals surface area contributed by atoms with Gasteiger partial charge in [0.05, 0.1) is 6.61 Å². The fraction of sp³-hybridized carbons (Fsp3) is 0.500. The Kier molecular flexibility index (Phi) is 14.2. The Hall–Kier alpha value is -1.65. The summed E-state index contributed by atoms with van der Waals surface area (Å²) in [5.41, 5.74) is 3.25. The zero-order valence-corrected chi connectivity index (χ0v) is 23.4. The van der Waals surface area contributed by atoms with Crippen LogP contribution >= 0.6 is 23.2 Å². The second-order valence-electron chi connectivity index (χ2n) is 8.07. The van der Waals surface area contributed by atoms with Crippen molar-refractivity contribution in [2.75, 3.05) is 18.1 Å². The van der Waals surface area contributed by atoms with Gasteiger partial charge in [-0.3, -0.25) is 9.00 Å². The smallest absolute Gasteiger partial charge is 0.421 e. The van der Waals surface area contributed by atoms with E-state index in [0.29, 0.717) is 27.6 Å². The van der Waals surface area contributed by atoms with Crippen LogP contribution < -0.4 is 5.73 Å². The Morgan fingerprint density at radius 1 is 1.11 bits per heavy atom. The number of aliphatic hydroxyl groups is 1. The molecular formula is C26H34Cl2F3NO4S. The molecule has 0 aliphatic rings. The Bertz CT molecular complexity index is 1020. The van der Waals surface area contributed by atoms with Crippen LogP contribution in [0.15, 0.2) is 42.5 Å². The van der Waals surface area contributed by atoms with Crippen LogP contribution in [0.4, 0.5) is 13.2 Å². The van der Waals surface area contributed by atoms with Gasteiger partial charge in [-0.2, -0.15) is 13.2 Å². The van der Waals surface area contributed by atoms with Gasteiger partial charge in [-0.25, -0.2) is 0 Å². The summed E-state index contributed by atoms with van der Waals surface area (Å²) in [5, 5.41) is 11.4. The number of unbranched alkanes of at least 4 members (excludes halogenated alkanes) is 1. The summed E-state index contributed by atoms with van der Waals surface area (Å²) in [6.45, 7) is 6.16. The summed E-state index contributed by atoms with van der Waals surface area (Å²) < 4.78 is 58.9.